The molecule has 0 radical (unpaired) electrons. The van der Waals surface area contributed by atoms with E-state index in [1.165, 1.54) is 6.92 Å². The van der Waals surface area contributed by atoms with Gasteiger partial charge in [0.15, 0.2) is 15.7 Å². The first kappa shape index (κ1) is 41.7. The van der Waals surface area contributed by atoms with Gasteiger partial charge in [0, 0.05) is 31.9 Å². The van der Waals surface area contributed by atoms with Gasteiger partial charge in [-0.05, 0) is 38.0 Å². The predicted octanol–water partition coefficient (Wildman–Crippen LogP) is -5.57. The second-order valence-corrected chi connectivity index (χ2v) is 12.6. The van der Waals surface area contributed by atoms with Crippen molar-refractivity contribution in [1.29, 1.82) is 5.26 Å². The number of aromatic nitrogens is 1. The Kier molecular flexibility index (Phi) is 18.1. The molecule has 0 aliphatic carbocycles. The molecule has 0 aliphatic heterocycles. The molecular weight excluding hydrogens is 654 g/mol. The summed E-state index contributed by atoms with van der Waals surface area (Å²) in [6, 6.07) is 4.26. The molecule has 43 heavy (non-hydrogen) atoms. The van der Waals surface area contributed by atoms with Crippen LogP contribution in [-0.2, 0) is 34.5 Å². The minimum Gasteiger partial charge on any atom is -0.744 e. The Balaban J connectivity index is 0.00000882. The van der Waals surface area contributed by atoms with E-state index in [4.69, 9.17) is 10.2 Å². The van der Waals surface area contributed by atoms with Crippen LogP contribution in [0.3, 0.4) is 0 Å². The third kappa shape index (κ3) is 12.9. The molecule has 1 aromatic carbocycles. The summed E-state index contributed by atoms with van der Waals surface area (Å²) in [5.41, 5.74) is -0.260. The quantitative estimate of drug-likeness (QED) is 0.0423. The molecule has 17 nitrogen and oxygen atoms in total. The Hall–Kier alpha value is -1.29. The summed E-state index contributed by atoms with van der Waals surface area (Å²) in [4.78, 5) is 2.57. The van der Waals surface area contributed by atoms with Gasteiger partial charge < -0.3 is 30.0 Å². The Morgan fingerprint density at radius 2 is 1.56 bits per heavy atom. The summed E-state index contributed by atoms with van der Waals surface area (Å²) < 4.78 is 96.3. The van der Waals surface area contributed by atoms with Gasteiger partial charge in [0.25, 0.3) is 0 Å². The SMILES string of the molecule is Cc1c(C#N)c(NCCCO)nc(NCCCO)c1N=Nc1ccc(S(=O)(=O)CCOS(=O)(=O)[O-])cc1S(=O)(=O)[O-].[Na+].[Na+]. The predicted molar refractivity (Wildman–Crippen MR) is 140 cm³/mol. The van der Waals surface area contributed by atoms with E-state index in [9.17, 15) is 39.6 Å². The molecule has 0 unspecified atom stereocenters. The van der Waals surface area contributed by atoms with Crippen molar-refractivity contribution in [3.05, 3.63) is 29.3 Å². The van der Waals surface area contributed by atoms with Crippen LogP contribution in [0.5, 0.6) is 0 Å². The third-order valence-corrected chi connectivity index (χ3v) is 8.18. The van der Waals surface area contributed by atoms with Crippen molar-refractivity contribution in [3.8, 4) is 6.07 Å². The number of sulfone groups is 1. The molecule has 2 rings (SSSR count). The van der Waals surface area contributed by atoms with Gasteiger partial charge in [-0.3, -0.25) is 4.18 Å². The molecule has 226 valence electrons. The van der Waals surface area contributed by atoms with Gasteiger partial charge in [-0.15, -0.1) is 10.2 Å². The normalized spacial score (nSPS) is 11.8. The number of benzene rings is 1. The van der Waals surface area contributed by atoms with E-state index in [0.717, 1.165) is 12.1 Å². The van der Waals surface area contributed by atoms with E-state index in [1.54, 1.807) is 0 Å². The molecule has 0 atom stereocenters. The molecule has 0 bridgehead atoms. The van der Waals surface area contributed by atoms with E-state index in [0.29, 0.717) is 18.9 Å². The van der Waals surface area contributed by atoms with Crippen molar-refractivity contribution in [2.75, 3.05) is 49.3 Å². The van der Waals surface area contributed by atoms with Crippen molar-refractivity contribution in [2.45, 2.75) is 29.6 Å². The third-order valence-electron chi connectivity index (χ3n) is 5.18. The first-order chi connectivity index (χ1) is 19.1. The smallest absolute Gasteiger partial charge is 0.744 e. The fraction of sp³-hybridized carbons (Fsp3) is 0.429. The largest absolute Gasteiger partial charge is 1.00 e. The van der Waals surface area contributed by atoms with E-state index >= 15 is 0 Å². The Morgan fingerprint density at radius 1 is 0.977 bits per heavy atom. The Bertz CT molecular complexity index is 1650. The summed E-state index contributed by atoms with van der Waals surface area (Å²) in [6.07, 6.45) is 0.675. The first-order valence-corrected chi connectivity index (χ1v) is 16.0. The van der Waals surface area contributed by atoms with Gasteiger partial charge in [-0.1, -0.05) is 0 Å². The molecule has 4 N–H and O–H groups in total. The molecule has 1 aromatic heterocycles. The van der Waals surface area contributed by atoms with E-state index in [2.05, 4.69) is 30.0 Å². The van der Waals surface area contributed by atoms with Crippen molar-refractivity contribution >= 4 is 53.4 Å². The standard InChI is InChI=1S/C21H28N6O11S3.2Na/c1-14-16(13-22)20(23-6-2-8-28)25-21(24-7-3-9-29)19(14)27-26-17-5-4-15(12-18(17)40(32,33)34)39(30,31)11-10-38-41(35,36)37;;/h4-5,12,28-29H,2-3,6-11H2,1H3,(H2,23,24,25)(H,32,33,34)(H,35,36,37);;/q;2*+1/p-2. The molecule has 1 heterocycles. The van der Waals surface area contributed by atoms with Gasteiger partial charge in [-0.25, -0.2) is 30.2 Å². The van der Waals surface area contributed by atoms with Crippen molar-refractivity contribution in [3.63, 3.8) is 0 Å². The average molecular weight is 681 g/mol. The van der Waals surface area contributed by atoms with Crippen LogP contribution in [0.25, 0.3) is 0 Å². The van der Waals surface area contributed by atoms with Gasteiger partial charge in [0.2, 0.25) is 10.4 Å². The zero-order valence-corrected chi connectivity index (χ0v) is 29.9. The average Bonchev–Trinajstić information content (AvgIpc) is 2.87. The topological polar surface area (TPSA) is 284 Å². The number of hydrogen-bond acceptors (Lipinski definition) is 17. The Labute approximate surface area is 293 Å². The number of nitriles is 1. The summed E-state index contributed by atoms with van der Waals surface area (Å²) in [5.74, 6) is -0.767. The molecule has 0 spiro atoms. The second-order valence-electron chi connectivity index (χ2n) is 8.11. The van der Waals surface area contributed by atoms with E-state index in [-0.39, 0.29) is 114 Å². The number of hydrogen-bond donors (Lipinski definition) is 4. The number of anilines is 2. The number of nitrogens with one attached hydrogen (secondary N) is 2. The first-order valence-electron chi connectivity index (χ1n) is 11.6. The molecule has 22 heteroatoms. The molecule has 0 amide bonds. The Morgan fingerprint density at radius 3 is 2.07 bits per heavy atom. The fourth-order valence-corrected chi connectivity index (χ4v) is 5.43. The monoisotopic (exact) mass is 680 g/mol. The van der Waals surface area contributed by atoms with Crippen LogP contribution >= 0.6 is 0 Å². The van der Waals surface area contributed by atoms with E-state index in [1.807, 2.05) is 6.07 Å². The second kappa shape index (κ2) is 18.6. The maximum Gasteiger partial charge on any atom is 1.00 e. The summed E-state index contributed by atoms with van der Waals surface area (Å²) in [5, 5.41) is 41.5. The van der Waals surface area contributed by atoms with E-state index < -0.39 is 58.2 Å². The molecule has 0 aliphatic rings. The minimum atomic E-state index is -5.32. The number of azo groups is 1. The number of pyridine rings is 1. The maximum absolute atomic E-state index is 12.5. The van der Waals surface area contributed by atoms with Gasteiger partial charge in [0.05, 0.1) is 27.7 Å². The van der Waals surface area contributed by atoms with Crippen LogP contribution in [0.1, 0.15) is 24.0 Å². The van der Waals surface area contributed by atoms with Crippen LogP contribution in [-0.4, -0.2) is 88.2 Å². The van der Waals surface area contributed by atoms with Crippen molar-refractivity contribution < 1.29 is 108 Å². The van der Waals surface area contributed by atoms with Gasteiger partial charge in [-0.2, -0.15) is 5.26 Å². The molecular formula is C21H26N6Na2O11S3. The van der Waals surface area contributed by atoms with Gasteiger partial charge in [0.1, 0.15) is 33.4 Å². The molecule has 0 saturated carbocycles. The number of nitrogens with zero attached hydrogens (tertiary/aromatic N) is 4. The van der Waals surface area contributed by atoms with Crippen molar-refractivity contribution in [1.82, 2.24) is 4.98 Å². The molecule has 0 fully saturated rings. The van der Waals surface area contributed by atoms with Gasteiger partial charge >= 0.3 is 59.1 Å². The summed E-state index contributed by atoms with van der Waals surface area (Å²) in [7, 11) is -14.9. The van der Waals surface area contributed by atoms with Crippen LogP contribution in [0, 0.1) is 18.3 Å². The van der Waals surface area contributed by atoms with Crippen LogP contribution < -0.4 is 69.7 Å². The zero-order valence-electron chi connectivity index (χ0n) is 23.5. The zero-order chi connectivity index (χ0) is 30.8. The number of rotatable bonds is 16. The van der Waals surface area contributed by atoms with Crippen LogP contribution in [0.2, 0.25) is 0 Å². The number of aliphatic hydroxyl groups is 2. The molecule has 2 aromatic rings. The minimum absolute atomic E-state index is 0. The summed E-state index contributed by atoms with van der Waals surface area (Å²) >= 11 is 0. The fourth-order valence-electron chi connectivity index (χ4n) is 3.21. The molecule has 0 saturated heterocycles. The summed E-state index contributed by atoms with van der Waals surface area (Å²) in [6.45, 7) is 0.709. The van der Waals surface area contributed by atoms with Crippen LogP contribution in [0.15, 0.2) is 38.2 Å². The maximum atomic E-state index is 12.5. The van der Waals surface area contributed by atoms with Crippen LogP contribution in [0.4, 0.5) is 23.0 Å². The number of aliphatic hydroxyl groups excluding tert-OH is 2. The van der Waals surface area contributed by atoms with Crippen molar-refractivity contribution in [2.24, 2.45) is 10.2 Å².